The van der Waals surface area contributed by atoms with Crippen molar-refractivity contribution in [2.45, 2.75) is 46.6 Å². The van der Waals surface area contributed by atoms with Gasteiger partial charge in [0.15, 0.2) is 0 Å². The number of rotatable bonds is 10. The SMILES string of the molecule is CCCOC(=O)c1[nH]c(CNCC)c(-c2ccc(CO)c(CO)c2CO)c1Cl.O=S(=O)=O. The molecule has 2 rings (SSSR count). The van der Waals surface area contributed by atoms with Gasteiger partial charge in [-0.25, -0.2) is 4.79 Å². The van der Waals surface area contributed by atoms with Crippen molar-refractivity contribution in [2.75, 3.05) is 13.2 Å². The van der Waals surface area contributed by atoms with E-state index in [0.29, 0.717) is 53.0 Å². The van der Waals surface area contributed by atoms with Crippen LogP contribution in [0.3, 0.4) is 0 Å². The van der Waals surface area contributed by atoms with E-state index in [2.05, 4.69) is 10.3 Å². The fourth-order valence-corrected chi connectivity index (χ4v) is 3.44. The second-order valence-electron chi connectivity index (χ2n) is 6.49. The molecule has 10 nitrogen and oxygen atoms in total. The first-order valence-corrected chi connectivity index (χ1v) is 11.2. The van der Waals surface area contributed by atoms with Crippen molar-refractivity contribution in [3.63, 3.8) is 0 Å². The quantitative estimate of drug-likeness (QED) is 0.310. The largest absolute Gasteiger partial charge is 0.461 e. The summed E-state index contributed by atoms with van der Waals surface area (Å²) in [6.07, 6.45) is 0.693. The average Bonchev–Trinajstić information content (AvgIpc) is 3.10. The molecule has 0 spiro atoms. The molecule has 0 fully saturated rings. The number of halogens is 1. The second kappa shape index (κ2) is 14.0. The minimum absolute atomic E-state index is 0.152. The highest BCUT2D eigenvalue weighted by molar-refractivity contribution is 7.59. The van der Waals surface area contributed by atoms with Crippen molar-refractivity contribution < 1.29 is 37.5 Å². The number of benzene rings is 1. The minimum Gasteiger partial charge on any atom is -0.461 e. The zero-order chi connectivity index (χ0) is 24.3. The molecular weight excluding hydrogens is 464 g/mol. The second-order valence-corrected chi connectivity index (χ2v) is 7.28. The molecule has 1 heterocycles. The molecule has 0 atom stereocenters. The van der Waals surface area contributed by atoms with Gasteiger partial charge in [-0.05, 0) is 35.2 Å². The van der Waals surface area contributed by atoms with Crippen molar-refractivity contribution in [1.29, 1.82) is 0 Å². The van der Waals surface area contributed by atoms with Crippen LogP contribution in [0.25, 0.3) is 11.1 Å². The van der Waals surface area contributed by atoms with Gasteiger partial charge in [0, 0.05) is 17.8 Å². The van der Waals surface area contributed by atoms with Crippen LogP contribution in [-0.2, 0) is 41.7 Å². The first kappa shape index (κ1) is 27.8. The molecule has 0 aliphatic heterocycles. The lowest BCUT2D eigenvalue weighted by Crippen LogP contribution is -2.13. The number of aliphatic hydroxyl groups is 3. The molecule has 32 heavy (non-hydrogen) atoms. The van der Waals surface area contributed by atoms with Crippen molar-refractivity contribution in [1.82, 2.24) is 10.3 Å². The van der Waals surface area contributed by atoms with Crippen LogP contribution >= 0.6 is 11.6 Å². The number of esters is 1. The van der Waals surface area contributed by atoms with Crippen LogP contribution in [0.2, 0.25) is 5.02 Å². The maximum atomic E-state index is 12.4. The van der Waals surface area contributed by atoms with Crippen LogP contribution in [0.15, 0.2) is 12.1 Å². The number of aliphatic hydroxyl groups excluding tert-OH is 3. The lowest BCUT2D eigenvalue weighted by atomic mass is 9.92. The highest BCUT2D eigenvalue weighted by atomic mass is 35.5. The van der Waals surface area contributed by atoms with E-state index in [9.17, 15) is 20.1 Å². The lowest BCUT2D eigenvalue weighted by Gasteiger charge is -2.16. The van der Waals surface area contributed by atoms with Gasteiger partial charge in [-0.3, -0.25) is 0 Å². The Bertz CT molecular complexity index is 1010. The molecular formula is C20H27ClN2O8S. The number of nitrogens with one attached hydrogen (secondary N) is 2. The van der Waals surface area contributed by atoms with Crippen molar-refractivity contribution in [2.24, 2.45) is 0 Å². The highest BCUT2D eigenvalue weighted by Gasteiger charge is 2.25. The highest BCUT2D eigenvalue weighted by Crippen LogP contribution is 2.38. The molecule has 2 aromatic rings. The predicted molar refractivity (Wildman–Crippen MR) is 117 cm³/mol. The Morgan fingerprint density at radius 3 is 2.22 bits per heavy atom. The number of aromatic amines is 1. The van der Waals surface area contributed by atoms with Gasteiger partial charge in [-0.1, -0.05) is 37.6 Å². The molecule has 0 bridgehead atoms. The maximum absolute atomic E-state index is 12.4. The number of carbonyl (C=O) groups excluding carboxylic acids is 1. The van der Waals surface area contributed by atoms with Crippen molar-refractivity contribution in [3.05, 3.63) is 45.2 Å². The van der Waals surface area contributed by atoms with Crippen LogP contribution in [0, 0.1) is 0 Å². The van der Waals surface area contributed by atoms with Gasteiger partial charge in [0.05, 0.1) is 31.5 Å². The Balaban J connectivity index is 0.00000118. The average molecular weight is 491 g/mol. The van der Waals surface area contributed by atoms with Crippen molar-refractivity contribution in [3.8, 4) is 11.1 Å². The fraction of sp³-hybridized carbons (Fsp3) is 0.450. The molecule has 0 saturated carbocycles. The zero-order valence-electron chi connectivity index (χ0n) is 17.8. The Kier molecular flexibility index (Phi) is 12.1. The van der Waals surface area contributed by atoms with Gasteiger partial charge in [-0.2, -0.15) is 0 Å². The summed E-state index contributed by atoms with van der Waals surface area (Å²) in [5.41, 5.74) is 3.41. The van der Waals surface area contributed by atoms with Gasteiger partial charge in [0.1, 0.15) is 5.69 Å². The van der Waals surface area contributed by atoms with E-state index in [0.717, 1.165) is 0 Å². The molecule has 178 valence electrons. The summed E-state index contributed by atoms with van der Waals surface area (Å²) in [6.45, 7) is 4.33. The Hall–Kier alpha value is -2.28. The first-order valence-electron chi connectivity index (χ1n) is 9.78. The number of H-pyrrole nitrogens is 1. The number of hydrogen-bond acceptors (Lipinski definition) is 9. The van der Waals surface area contributed by atoms with Crippen LogP contribution in [0.1, 0.15) is 53.1 Å². The molecule has 0 saturated heterocycles. The monoisotopic (exact) mass is 490 g/mol. The van der Waals surface area contributed by atoms with E-state index in [1.807, 2.05) is 13.8 Å². The molecule has 0 unspecified atom stereocenters. The zero-order valence-corrected chi connectivity index (χ0v) is 19.3. The molecule has 1 aromatic heterocycles. The van der Waals surface area contributed by atoms with E-state index < -0.39 is 16.6 Å². The Morgan fingerprint density at radius 1 is 1.09 bits per heavy atom. The molecule has 0 radical (unpaired) electrons. The van der Waals surface area contributed by atoms with Crippen LogP contribution in [0.5, 0.6) is 0 Å². The topological polar surface area (TPSA) is 166 Å². The summed E-state index contributed by atoms with van der Waals surface area (Å²) < 4.78 is 30.5. The van der Waals surface area contributed by atoms with E-state index in [1.54, 1.807) is 12.1 Å². The molecule has 1 aromatic carbocycles. The fourth-order valence-electron chi connectivity index (χ4n) is 3.10. The van der Waals surface area contributed by atoms with Gasteiger partial charge < -0.3 is 30.4 Å². The Morgan fingerprint density at radius 2 is 1.72 bits per heavy atom. The van der Waals surface area contributed by atoms with Gasteiger partial charge in [0.2, 0.25) is 0 Å². The summed E-state index contributed by atoms with van der Waals surface area (Å²) in [4.78, 5) is 15.4. The molecule has 0 aliphatic rings. The third-order valence-corrected chi connectivity index (χ3v) is 4.87. The number of carbonyl (C=O) groups is 1. The van der Waals surface area contributed by atoms with Crippen LogP contribution < -0.4 is 5.32 Å². The van der Waals surface area contributed by atoms with Crippen LogP contribution in [0.4, 0.5) is 0 Å². The van der Waals surface area contributed by atoms with Crippen LogP contribution in [-0.4, -0.2) is 52.1 Å². The summed E-state index contributed by atoms with van der Waals surface area (Å²) in [5, 5.41) is 32.6. The van der Waals surface area contributed by atoms with Gasteiger partial charge in [0.25, 0.3) is 0 Å². The number of ether oxygens (including phenoxy) is 1. The summed E-state index contributed by atoms with van der Waals surface area (Å²) in [7, 11) is -3.11. The van der Waals surface area contributed by atoms with Gasteiger partial charge in [-0.15, -0.1) is 12.6 Å². The van der Waals surface area contributed by atoms with Gasteiger partial charge >= 0.3 is 16.6 Å². The summed E-state index contributed by atoms with van der Waals surface area (Å²) in [5.74, 6) is -0.546. The first-order chi connectivity index (χ1) is 15.3. The third-order valence-electron chi connectivity index (χ3n) is 4.49. The van der Waals surface area contributed by atoms with Crippen molar-refractivity contribution >= 4 is 28.2 Å². The predicted octanol–water partition coefficient (Wildman–Crippen LogP) is 1.48. The lowest BCUT2D eigenvalue weighted by molar-refractivity contribution is 0.0499. The van der Waals surface area contributed by atoms with E-state index in [1.165, 1.54) is 0 Å². The summed E-state index contributed by atoms with van der Waals surface area (Å²) in [6, 6.07) is 3.40. The third kappa shape index (κ3) is 7.12. The van der Waals surface area contributed by atoms with E-state index in [-0.39, 0.29) is 37.1 Å². The maximum Gasteiger partial charge on any atom is 0.425 e. The van der Waals surface area contributed by atoms with E-state index >= 15 is 0 Å². The molecule has 5 N–H and O–H groups in total. The summed E-state index contributed by atoms with van der Waals surface area (Å²) >= 11 is 6.56. The van der Waals surface area contributed by atoms with E-state index in [4.69, 9.17) is 29.0 Å². The smallest absolute Gasteiger partial charge is 0.425 e. The number of aromatic nitrogens is 1. The standard InChI is InChI=1S/C20H27ClN2O5.O3S/c1-3-7-28-20(27)19-18(21)17(16(23-19)8-22-4-2)13-6-5-12(9-24)14(10-25)15(13)11-26;1-4(2)3/h5-6,22-26H,3-4,7-11H2,1-2H3;. The number of hydrogen-bond donors (Lipinski definition) is 5. The molecule has 0 aliphatic carbocycles. The molecule has 0 amide bonds. The Labute approximate surface area is 192 Å². The molecule has 12 heteroatoms. The minimum atomic E-state index is -3.11. The normalized spacial score (nSPS) is 10.4.